The number of hydrogen-bond donors (Lipinski definition) is 1. The number of benzene rings is 2. The maximum absolute atomic E-state index is 12.2. The summed E-state index contributed by atoms with van der Waals surface area (Å²) in [5.41, 5.74) is 1.98. The molecule has 0 saturated carbocycles. The van der Waals surface area contributed by atoms with Crippen molar-refractivity contribution in [3.8, 4) is 11.5 Å². The van der Waals surface area contributed by atoms with E-state index in [0.717, 1.165) is 23.6 Å². The lowest BCUT2D eigenvalue weighted by Gasteiger charge is -2.14. The number of thioether (sulfide) groups is 1. The normalized spacial score (nSPS) is 11.7. The first-order valence-electron chi connectivity index (χ1n) is 9.71. The molecule has 0 aliphatic rings. The second kappa shape index (κ2) is 10.2. The zero-order valence-corrected chi connectivity index (χ0v) is 18.4. The quantitative estimate of drug-likeness (QED) is 0.515. The van der Waals surface area contributed by atoms with E-state index >= 15 is 0 Å². The van der Waals surface area contributed by atoms with E-state index in [4.69, 9.17) is 9.47 Å². The maximum atomic E-state index is 12.2. The number of ether oxygens (including phenoxy) is 2. The monoisotopic (exact) mass is 426 g/mol. The molecular formula is C22H26N4O3S. The summed E-state index contributed by atoms with van der Waals surface area (Å²) in [6, 6.07) is 15.2. The Bertz CT molecular complexity index is 971. The summed E-state index contributed by atoms with van der Waals surface area (Å²) in [6.07, 6.45) is 0.726. The molecule has 3 rings (SSSR count). The number of anilines is 1. The third-order valence-corrected chi connectivity index (χ3v) is 5.60. The van der Waals surface area contributed by atoms with Gasteiger partial charge in [-0.1, -0.05) is 30.8 Å². The van der Waals surface area contributed by atoms with Gasteiger partial charge in [0.05, 0.1) is 12.9 Å². The molecule has 7 nitrogen and oxygen atoms in total. The van der Waals surface area contributed by atoms with Gasteiger partial charge in [-0.2, -0.15) is 0 Å². The summed E-state index contributed by atoms with van der Waals surface area (Å²) in [5.74, 6) is 2.34. The number of aryl methyl sites for hydroxylation is 1. The van der Waals surface area contributed by atoms with Crippen LogP contribution in [0, 0.1) is 0 Å². The Balaban J connectivity index is 1.55. The summed E-state index contributed by atoms with van der Waals surface area (Å²) < 4.78 is 13.0. The zero-order chi connectivity index (χ0) is 21.5. The van der Waals surface area contributed by atoms with Crippen LogP contribution in [0.5, 0.6) is 11.5 Å². The van der Waals surface area contributed by atoms with Gasteiger partial charge in [0.2, 0.25) is 5.91 Å². The molecule has 2 aromatic carbocycles. The summed E-state index contributed by atoms with van der Waals surface area (Å²) in [4.78, 5) is 12.2. The second-order valence-corrected chi connectivity index (χ2v) is 7.67. The molecule has 1 heterocycles. The van der Waals surface area contributed by atoms with Gasteiger partial charge < -0.3 is 19.4 Å². The fraction of sp³-hybridized carbons (Fsp3) is 0.318. The molecule has 3 aromatic rings. The predicted octanol–water partition coefficient (Wildman–Crippen LogP) is 4.26. The van der Waals surface area contributed by atoms with Crippen LogP contribution in [0.2, 0.25) is 0 Å². The SMILES string of the molecule is CCc1ccc(O[C@@H](C)c2nnc(SCC(=O)Nc3ccc(OC)cc3)n2C)cc1. The Morgan fingerprint density at radius 1 is 1.10 bits per heavy atom. The molecule has 0 aliphatic carbocycles. The number of aromatic nitrogens is 3. The van der Waals surface area contributed by atoms with Crippen molar-refractivity contribution >= 4 is 23.4 Å². The Hall–Kier alpha value is -3.00. The highest BCUT2D eigenvalue weighted by Crippen LogP contribution is 2.24. The third-order valence-electron chi connectivity index (χ3n) is 4.58. The summed E-state index contributed by atoms with van der Waals surface area (Å²) >= 11 is 1.33. The van der Waals surface area contributed by atoms with Crippen molar-refractivity contribution in [2.45, 2.75) is 31.5 Å². The largest absolute Gasteiger partial charge is 0.497 e. The van der Waals surface area contributed by atoms with Crippen LogP contribution in [0.15, 0.2) is 53.7 Å². The fourth-order valence-corrected chi connectivity index (χ4v) is 3.59. The number of methoxy groups -OCH3 is 1. The van der Waals surface area contributed by atoms with Crippen molar-refractivity contribution in [3.05, 3.63) is 59.9 Å². The molecular weight excluding hydrogens is 400 g/mol. The van der Waals surface area contributed by atoms with Crippen molar-refractivity contribution in [3.63, 3.8) is 0 Å². The number of carbonyl (C=O) groups is 1. The zero-order valence-electron chi connectivity index (χ0n) is 17.6. The van der Waals surface area contributed by atoms with Crippen molar-refractivity contribution in [1.82, 2.24) is 14.8 Å². The number of amides is 1. The minimum absolute atomic E-state index is 0.116. The van der Waals surface area contributed by atoms with Crippen molar-refractivity contribution < 1.29 is 14.3 Å². The molecule has 30 heavy (non-hydrogen) atoms. The van der Waals surface area contributed by atoms with Gasteiger partial charge in [-0.15, -0.1) is 10.2 Å². The van der Waals surface area contributed by atoms with Crippen LogP contribution in [0.1, 0.15) is 31.3 Å². The summed E-state index contributed by atoms with van der Waals surface area (Å²) in [7, 11) is 3.48. The number of hydrogen-bond acceptors (Lipinski definition) is 6. The molecule has 1 N–H and O–H groups in total. The van der Waals surface area contributed by atoms with Gasteiger partial charge in [0.1, 0.15) is 11.5 Å². The van der Waals surface area contributed by atoms with E-state index in [-0.39, 0.29) is 17.8 Å². The molecule has 0 spiro atoms. The van der Waals surface area contributed by atoms with E-state index in [1.54, 1.807) is 31.4 Å². The second-order valence-electron chi connectivity index (χ2n) is 6.72. The first kappa shape index (κ1) is 21.7. The Labute approximate surface area is 180 Å². The molecule has 0 bridgehead atoms. The van der Waals surface area contributed by atoms with Crippen molar-refractivity contribution in [1.29, 1.82) is 0 Å². The van der Waals surface area contributed by atoms with Crippen LogP contribution >= 0.6 is 11.8 Å². The van der Waals surface area contributed by atoms with E-state index in [0.29, 0.717) is 11.0 Å². The lowest BCUT2D eigenvalue weighted by Crippen LogP contribution is -2.14. The highest BCUT2D eigenvalue weighted by Gasteiger charge is 2.18. The smallest absolute Gasteiger partial charge is 0.234 e. The van der Waals surface area contributed by atoms with Gasteiger partial charge in [0, 0.05) is 12.7 Å². The van der Waals surface area contributed by atoms with E-state index in [2.05, 4.69) is 34.6 Å². The minimum atomic E-state index is -0.266. The van der Waals surface area contributed by atoms with Crippen LogP contribution in [0.3, 0.4) is 0 Å². The van der Waals surface area contributed by atoms with Gasteiger partial charge in [0.25, 0.3) is 0 Å². The Morgan fingerprint density at radius 2 is 1.77 bits per heavy atom. The van der Waals surface area contributed by atoms with Gasteiger partial charge in [-0.05, 0) is 55.3 Å². The first-order chi connectivity index (χ1) is 14.5. The summed E-state index contributed by atoms with van der Waals surface area (Å²) in [5, 5.41) is 12.0. The molecule has 0 saturated heterocycles. The average Bonchev–Trinajstić information content (AvgIpc) is 3.14. The van der Waals surface area contributed by atoms with Crippen LogP contribution in [-0.2, 0) is 18.3 Å². The van der Waals surface area contributed by atoms with Crippen LogP contribution in [0.25, 0.3) is 0 Å². The van der Waals surface area contributed by atoms with Gasteiger partial charge in [-0.3, -0.25) is 4.79 Å². The molecule has 0 fully saturated rings. The molecule has 1 aromatic heterocycles. The van der Waals surface area contributed by atoms with Gasteiger partial charge in [0.15, 0.2) is 17.1 Å². The minimum Gasteiger partial charge on any atom is -0.497 e. The predicted molar refractivity (Wildman–Crippen MR) is 118 cm³/mol. The molecule has 0 radical (unpaired) electrons. The number of carbonyl (C=O) groups excluding carboxylic acids is 1. The lowest BCUT2D eigenvalue weighted by atomic mass is 10.2. The molecule has 0 unspecified atom stereocenters. The fourth-order valence-electron chi connectivity index (χ4n) is 2.87. The van der Waals surface area contributed by atoms with E-state index < -0.39 is 0 Å². The Morgan fingerprint density at radius 3 is 2.40 bits per heavy atom. The van der Waals surface area contributed by atoms with E-state index in [9.17, 15) is 4.79 Å². The van der Waals surface area contributed by atoms with Crippen LogP contribution in [0.4, 0.5) is 5.69 Å². The first-order valence-corrected chi connectivity index (χ1v) is 10.7. The van der Waals surface area contributed by atoms with Crippen LogP contribution < -0.4 is 14.8 Å². The number of nitrogens with one attached hydrogen (secondary N) is 1. The number of rotatable bonds is 9. The van der Waals surface area contributed by atoms with E-state index in [1.807, 2.05) is 30.7 Å². The molecule has 158 valence electrons. The molecule has 1 amide bonds. The third kappa shape index (κ3) is 5.54. The van der Waals surface area contributed by atoms with Crippen molar-refractivity contribution in [2.75, 3.05) is 18.2 Å². The maximum Gasteiger partial charge on any atom is 0.234 e. The summed E-state index contributed by atoms with van der Waals surface area (Å²) in [6.45, 7) is 4.05. The molecule has 1 atom stereocenters. The molecule has 0 aliphatic heterocycles. The van der Waals surface area contributed by atoms with Crippen molar-refractivity contribution in [2.24, 2.45) is 7.05 Å². The van der Waals surface area contributed by atoms with Gasteiger partial charge >= 0.3 is 0 Å². The highest BCUT2D eigenvalue weighted by atomic mass is 32.2. The lowest BCUT2D eigenvalue weighted by molar-refractivity contribution is -0.113. The van der Waals surface area contributed by atoms with Gasteiger partial charge in [-0.25, -0.2) is 0 Å². The highest BCUT2D eigenvalue weighted by molar-refractivity contribution is 7.99. The standard InChI is InChI=1S/C22H26N4O3S/c1-5-16-6-10-19(11-7-16)29-15(2)21-24-25-22(26(21)3)30-14-20(27)23-17-8-12-18(28-4)13-9-17/h6-13,15H,5,14H2,1-4H3,(H,23,27)/t15-/m0/s1. The topological polar surface area (TPSA) is 78.3 Å². The van der Waals surface area contributed by atoms with Crippen LogP contribution in [-0.4, -0.2) is 33.5 Å². The molecule has 8 heteroatoms. The average molecular weight is 427 g/mol. The Kier molecular flexibility index (Phi) is 7.35. The number of nitrogens with zero attached hydrogens (tertiary/aromatic N) is 3. The van der Waals surface area contributed by atoms with E-state index in [1.165, 1.54) is 17.3 Å².